The van der Waals surface area contributed by atoms with Crippen molar-refractivity contribution < 1.29 is 13.9 Å². The molecule has 1 aromatic rings. The SMILES string of the molecule is CCC(=O)COc1ccc(C)c(F)c1. The second-order valence-electron chi connectivity index (χ2n) is 3.09. The highest BCUT2D eigenvalue weighted by molar-refractivity contribution is 5.79. The molecule has 0 heterocycles. The Balaban J connectivity index is 2.60. The molecule has 14 heavy (non-hydrogen) atoms. The predicted molar refractivity (Wildman–Crippen MR) is 51.9 cm³/mol. The van der Waals surface area contributed by atoms with E-state index in [0.29, 0.717) is 17.7 Å². The Hall–Kier alpha value is -1.38. The third kappa shape index (κ3) is 2.83. The maximum absolute atomic E-state index is 13.0. The summed E-state index contributed by atoms with van der Waals surface area (Å²) in [7, 11) is 0. The van der Waals surface area contributed by atoms with Crippen LogP contribution in [0.25, 0.3) is 0 Å². The van der Waals surface area contributed by atoms with Gasteiger partial charge in [-0.2, -0.15) is 0 Å². The second kappa shape index (κ2) is 4.74. The molecule has 0 aliphatic heterocycles. The smallest absolute Gasteiger partial charge is 0.169 e. The van der Waals surface area contributed by atoms with Crippen molar-refractivity contribution in [3.05, 3.63) is 29.6 Å². The number of carbonyl (C=O) groups excluding carboxylic acids is 1. The summed E-state index contributed by atoms with van der Waals surface area (Å²) >= 11 is 0. The Kier molecular flexibility index (Phi) is 3.63. The fourth-order valence-electron chi connectivity index (χ4n) is 0.929. The highest BCUT2D eigenvalue weighted by atomic mass is 19.1. The molecule has 0 spiro atoms. The zero-order valence-electron chi connectivity index (χ0n) is 8.34. The summed E-state index contributed by atoms with van der Waals surface area (Å²) in [4.78, 5) is 10.9. The van der Waals surface area contributed by atoms with Crippen molar-refractivity contribution in [2.45, 2.75) is 20.3 Å². The minimum Gasteiger partial charge on any atom is -0.486 e. The van der Waals surface area contributed by atoms with Crippen molar-refractivity contribution in [3.8, 4) is 5.75 Å². The van der Waals surface area contributed by atoms with Gasteiger partial charge < -0.3 is 4.74 Å². The molecule has 0 aromatic heterocycles. The van der Waals surface area contributed by atoms with E-state index < -0.39 is 0 Å². The quantitative estimate of drug-likeness (QED) is 0.739. The minimum atomic E-state index is -0.313. The molecule has 1 rings (SSSR count). The minimum absolute atomic E-state index is 0.00554. The molecule has 0 saturated heterocycles. The lowest BCUT2D eigenvalue weighted by Gasteiger charge is -2.05. The van der Waals surface area contributed by atoms with Crippen LogP contribution in [0, 0.1) is 12.7 Å². The first kappa shape index (κ1) is 10.7. The highest BCUT2D eigenvalue weighted by Crippen LogP contribution is 2.15. The third-order valence-electron chi connectivity index (χ3n) is 1.94. The molecule has 0 N–H and O–H groups in total. The first-order valence-electron chi connectivity index (χ1n) is 4.54. The zero-order valence-corrected chi connectivity index (χ0v) is 8.34. The lowest BCUT2D eigenvalue weighted by molar-refractivity contribution is -0.120. The summed E-state index contributed by atoms with van der Waals surface area (Å²) in [5.74, 6) is 0.0901. The van der Waals surface area contributed by atoms with Crippen LogP contribution in [0.3, 0.4) is 0 Å². The van der Waals surface area contributed by atoms with E-state index in [0.717, 1.165) is 0 Å². The first-order valence-corrected chi connectivity index (χ1v) is 4.54. The van der Waals surface area contributed by atoms with Gasteiger partial charge in [-0.1, -0.05) is 13.0 Å². The van der Waals surface area contributed by atoms with E-state index in [1.54, 1.807) is 26.0 Å². The van der Waals surface area contributed by atoms with Crippen LogP contribution in [-0.4, -0.2) is 12.4 Å². The standard InChI is InChI=1S/C11H13FO2/c1-3-9(13)7-14-10-5-4-8(2)11(12)6-10/h4-6H,3,7H2,1-2H3. The molecule has 2 nitrogen and oxygen atoms in total. The van der Waals surface area contributed by atoms with Gasteiger partial charge in [0.25, 0.3) is 0 Å². The van der Waals surface area contributed by atoms with Crippen molar-refractivity contribution in [3.63, 3.8) is 0 Å². The number of Topliss-reactive ketones (excluding diaryl/α,β-unsaturated/α-hetero) is 1. The van der Waals surface area contributed by atoms with Crippen LogP contribution in [0.4, 0.5) is 4.39 Å². The molecular weight excluding hydrogens is 183 g/mol. The predicted octanol–water partition coefficient (Wildman–Crippen LogP) is 2.49. The number of carbonyl (C=O) groups is 1. The molecule has 0 aliphatic carbocycles. The van der Waals surface area contributed by atoms with Gasteiger partial charge in [-0.05, 0) is 18.6 Å². The summed E-state index contributed by atoms with van der Waals surface area (Å²) in [5.41, 5.74) is 0.569. The number of aryl methyl sites for hydroxylation is 1. The topological polar surface area (TPSA) is 26.3 Å². The van der Waals surface area contributed by atoms with Crippen molar-refractivity contribution in [2.24, 2.45) is 0 Å². The fourth-order valence-corrected chi connectivity index (χ4v) is 0.929. The van der Waals surface area contributed by atoms with Crippen LogP contribution >= 0.6 is 0 Å². The van der Waals surface area contributed by atoms with E-state index in [2.05, 4.69) is 0 Å². The van der Waals surface area contributed by atoms with Gasteiger partial charge in [0.05, 0.1) is 0 Å². The van der Waals surface area contributed by atoms with E-state index in [4.69, 9.17) is 4.74 Å². The van der Waals surface area contributed by atoms with Crippen LogP contribution < -0.4 is 4.74 Å². The molecule has 1 aromatic carbocycles. The number of rotatable bonds is 4. The Labute approximate surface area is 82.7 Å². The number of ether oxygens (including phenoxy) is 1. The Morgan fingerprint density at radius 2 is 2.21 bits per heavy atom. The van der Waals surface area contributed by atoms with E-state index in [1.807, 2.05) is 0 Å². The monoisotopic (exact) mass is 196 g/mol. The maximum atomic E-state index is 13.0. The highest BCUT2D eigenvalue weighted by Gasteiger charge is 2.02. The van der Waals surface area contributed by atoms with Crippen LogP contribution in [-0.2, 0) is 4.79 Å². The van der Waals surface area contributed by atoms with Gasteiger partial charge in [0.15, 0.2) is 5.78 Å². The van der Waals surface area contributed by atoms with Gasteiger partial charge in [0, 0.05) is 12.5 Å². The number of benzene rings is 1. The van der Waals surface area contributed by atoms with Gasteiger partial charge in [-0.25, -0.2) is 4.39 Å². The number of ketones is 1. The average molecular weight is 196 g/mol. The summed E-state index contributed by atoms with van der Waals surface area (Å²) in [6.07, 6.45) is 0.439. The molecule has 76 valence electrons. The lowest BCUT2D eigenvalue weighted by Crippen LogP contribution is -2.09. The Morgan fingerprint density at radius 3 is 2.79 bits per heavy atom. The summed E-state index contributed by atoms with van der Waals surface area (Å²) in [6, 6.07) is 4.57. The molecule has 3 heteroatoms. The Bertz CT molecular complexity index is 334. The largest absolute Gasteiger partial charge is 0.486 e. The Morgan fingerprint density at radius 1 is 1.50 bits per heavy atom. The normalized spacial score (nSPS) is 9.93. The average Bonchev–Trinajstić information content (AvgIpc) is 2.19. The molecule has 0 fully saturated rings. The van der Waals surface area contributed by atoms with E-state index in [9.17, 15) is 9.18 Å². The van der Waals surface area contributed by atoms with Crippen LogP contribution in [0.5, 0.6) is 5.75 Å². The molecule has 0 radical (unpaired) electrons. The molecule has 0 unspecified atom stereocenters. The molecule has 0 atom stereocenters. The van der Waals surface area contributed by atoms with Crippen molar-refractivity contribution in [1.82, 2.24) is 0 Å². The fraction of sp³-hybridized carbons (Fsp3) is 0.364. The lowest BCUT2D eigenvalue weighted by atomic mass is 10.2. The van der Waals surface area contributed by atoms with E-state index in [1.165, 1.54) is 6.07 Å². The number of hydrogen-bond donors (Lipinski definition) is 0. The molecule has 0 aliphatic rings. The van der Waals surface area contributed by atoms with Crippen molar-refractivity contribution in [2.75, 3.05) is 6.61 Å². The third-order valence-corrected chi connectivity index (χ3v) is 1.94. The number of hydrogen-bond acceptors (Lipinski definition) is 2. The van der Waals surface area contributed by atoms with Crippen molar-refractivity contribution in [1.29, 1.82) is 0 Å². The summed E-state index contributed by atoms with van der Waals surface area (Å²) in [6.45, 7) is 3.46. The molecular formula is C11H13FO2. The second-order valence-corrected chi connectivity index (χ2v) is 3.09. The van der Waals surface area contributed by atoms with Crippen LogP contribution in [0.15, 0.2) is 18.2 Å². The van der Waals surface area contributed by atoms with Crippen LogP contribution in [0.2, 0.25) is 0 Å². The summed E-state index contributed by atoms with van der Waals surface area (Å²) in [5, 5.41) is 0. The molecule has 0 bridgehead atoms. The van der Waals surface area contributed by atoms with Gasteiger partial charge in [-0.15, -0.1) is 0 Å². The number of halogens is 1. The maximum Gasteiger partial charge on any atom is 0.169 e. The van der Waals surface area contributed by atoms with Gasteiger partial charge >= 0.3 is 0 Å². The first-order chi connectivity index (χ1) is 6.63. The van der Waals surface area contributed by atoms with E-state index in [-0.39, 0.29) is 18.2 Å². The molecule has 0 saturated carbocycles. The van der Waals surface area contributed by atoms with Gasteiger partial charge in [0.2, 0.25) is 0 Å². The van der Waals surface area contributed by atoms with Crippen molar-refractivity contribution >= 4 is 5.78 Å². The van der Waals surface area contributed by atoms with Gasteiger partial charge in [0.1, 0.15) is 18.2 Å². The van der Waals surface area contributed by atoms with Gasteiger partial charge in [-0.3, -0.25) is 4.79 Å². The summed E-state index contributed by atoms with van der Waals surface area (Å²) < 4.78 is 18.1. The van der Waals surface area contributed by atoms with E-state index >= 15 is 0 Å². The zero-order chi connectivity index (χ0) is 10.6. The van der Waals surface area contributed by atoms with Crippen LogP contribution in [0.1, 0.15) is 18.9 Å². The molecule has 0 amide bonds.